The molecule has 0 aliphatic carbocycles. The van der Waals surface area contributed by atoms with Crippen LogP contribution in [0.2, 0.25) is 0 Å². The number of piperazine rings is 1. The zero-order chi connectivity index (χ0) is 61.9. The number of thioether (sulfide) groups is 2. The smallest absolute Gasteiger partial charge is 0.414 e. The van der Waals surface area contributed by atoms with E-state index >= 15 is 0 Å². The fourth-order valence-electron chi connectivity index (χ4n) is 9.60. The van der Waals surface area contributed by atoms with Crippen LogP contribution in [0.15, 0.2) is 162 Å². The Bertz CT molecular complexity index is 3480. The number of nitrogens with zero attached hydrogens (tertiary/aromatic N) is 8. The highest BCUT2D eigenvalue weighted by Crippen LogP contribution is 2.43. The SMILES string of the molecule is CCN1CCN(C(=O)N[C@@H](C(=O)N[C@@H]2C(=O)N3C(C(=O)OC(c4ccccc4)c4ccccc4)=C(CSc4nnnn4C)CS[C@H]23)c2cccc(N(C)C(=O)OCC(NC(=O)OC(C)(C)C)C(=O)OC(c3ccccc3)c3ccccc3)c2)C(=O)C1=O. The number of carbonyl (C=O) groups is 9. The lowest BCUT2D eigenvalue weighted by Crippen LogP contribution is -2.71. The molecule has 9 rings (SSSR count). The fraction of sp³-hybridized carbons (Fsp3) is 0.311. The van der Waals surface area contributed by atoms with Crippen LogP contribution in [0.4, 0.5) is 20.1 Å². The van der Waals surface area contributed by atoms with Gasteiger partial charge in [-0.15, -0.1) is 16.9 Å². The number of tetrazole rings is 1. The molecule has 8 amide bonds. The highest BCUT2D eigenvalue weighted by molar-refractivity contribution is 8.01. The first-order valence-electron chi connectivity index (χ1n) is 27.6. The Balaban J connectivity index is 0.965. The maximum absolute atomic E-state index is 14.9. The summed E-state index contributed by atoms with van der Waals surface area (Å²) in [5.41, 5.74) is 2.27. The van der Waals surface area contributed by atoms with Crippen LogP contribution in [0, 0.1) is 0 Å². The number of likely N-dealkylation sites (N-methyl/N-ethyl adjacent to an activating group) is 1. The molecular formula is C61H63N11O13S2. The lowest BCUT2D eigenvalue weighted by molar-refractivity contribution is -0.155. The topological polar surface area (TPSA) is 283 Å². The molecule has 0 radical (unpaired) electrons. The molecule has 1 aromatic heterocycles. The van der Waals surface area contributed by atoms with Crippen molar-refractivity contribution >= 4 is 83.0 Å². The quantitative estimate of drug-likeness (QED) is 0.0251. The largest absolute Gasteiger partial charge is 0.451 e. The van der Waals surface area contributed by atoms with E-state index in [1.807, 2.05) is 60.7 Å². The molecule has 24 nitrogen and oxygen atoms in total. The van der Waals surface area contributed by atoms with Gasteiger partial charge in [0.2, 0.25) is 11.1 Å². The van der Waals surface area contributed by atoms with Gasteiger partial charge in [0.1, 0.15) is 35.4 Å². The zero-order valence-corrected chi connectivity index (χ0v) is 49.9. The number of carbonyl (C=O) groups excluding carboxylic acids is 9. The number of hydrogen-bond acceptors (Lipinski definition) is 18. The van der Waals surface area contributed by atoms with Gasteiger partial charge in [-0.1, -0.05) is 145 Å². The maximum Gasteiger partial charge on any atom is 0.414 e. The van der Waals surface area contributed by atoms with Crippen LogP contribution in [0.5, 0.6) is 0 Å². The number of urea groups is 1. The van der Waals surface area contributed by atoms with Crippen molar-refractivity contribution in [2.24, 2.45) is 7.05 Å². The third-order valence-corrected chi connectivity index (χ3v) is 16.5. The predicted molar refractivity (Wildman–Crippen MR) is 318 cm³/mol. The molecule has 0 bridgehead atoms. The molecule has 26 heteroatoms. The maximum atomic E-state index is 14.9. The van der Waals surface area contributed by atoms with Crippen LogP contribution < -0.4 is 20.9 Å². The summed E-state index contributed by atoms with van der Waals surface area (Å²) in [5, 5.41) is 19.1. The number of aryl methyl sites for hydroxylation is 1. The number of hydrogen-bond donors (Lipinski definition) is 3. The monoisotopic (exact) mass is 1220 g/mol. The third kappa shape index (κ3) is 14.8. The van der Waals surface area contributed by atoms with Gasteiger partial charge in [0, 0.05) is 50.9 Å². The van der Waals surface area contributed by atoms with Gasteiger partial charge < -0.3 is 39.8 Å². The van der Waals surface area contributed by atoms with Crippen molar-refractivity contribution in [1.29, 1.82) is 0 Å². The van der Waals surface area contributed by atoms with E-state index in [-0.39, 0.29) is 48.1 Å². The van der Waals surface area contributed by atoms with Gasteiger partial charge in [-0.3, -0.25) is 33.9 Å². The van der Waals surface area contributed by atoms with E-state index in [1.54, 1.807) is 95.4 Å². The Morgan fingerprint density at radius 1 is 0.747 bits per heavy atom. The number of rotatable bonds is 20. The summed E-state index contributed by atoms with van der Waals surface area (Å²) in [6.07, 6.45) is -3.84. The Labute approximate surface area is 509 Å². The van der Waals surface area contributed by atoms with Crippen molar-refractivity contribution in [3.8, 4) is 0 Å². The number of aromatic nitrogens is 4. The lowest BCUT2D eigenvalue weighted by Gasteiger charge is -2.50. The van der Waals surface area contributed by atoms with Crippen molar-refractivity contribution in [1.82, 2.24) is 50.9 Å². The van der Waals surface area contributed by atoms with E-state index in [0.29, 0.717) is 37.9 Å². The summed E-state index contributed by atoms with van der Waals surface area (Å²) in [5.74, 6) is -5.04. The van der Waals surface area contributed by atoms with E-state index in [2.05, 4.69) is 31.5 Å². The molecule has 0 spiro atoms. The van der Waals surface area contributed by atoms with Crippen molar-refractivity contribution in [2.75, 3.05) is 49.7 Å². The summed E-state index contributed by atoms with van der Waals surface area (Å²) >= 11 is 2.52. The Hall–Kier alpha value is -9.56. The molecule has 4 heterocycles. The van der Waals surface area contributed by atoms with Crippen molar-refractivity contribution in [2.45, 2.75) is 74.2 Å². The second kappa shape index (κ2) is 27.6. The number of alkyl carbamates (subject to hydrolysis) is 1. The summed E-state index contributed by atoms with van der Waals surface area (Å²) in [6, 6.07) is 36.2. The minimum Gasteiger partial charge on any atom is -0.451 e. The van der Waals surface area contributed by atoms with Crippen molar-refractivity contribution < 1.29 is 62.1 Å². The number of nitrogens with one attached hydrogen (secondary N) is 3. The first-order chi connectivity index (χ1) is 41.8. The van der Waals surface area contributed by atoms with Gasteiger partial charge >= 0.3 is 42.0 Å². The average Bonchev–Trinajstić information content (AvgIpc) is 1.01. The van der Waals surface area contributed by atoms with E-state index in [4.69, 9.17) is 18.9 Å². The molecule has 87 heavy (non-hydrogen) atoms. The molecule has 2 saturated heterocycles. The number of ether oxygens (including phenoxy) is 4. The molecule has 3 N–H and O–H groups in total. The van der Waals surface area contributed by atoms with Gasteiger partial charge in [-0.2, -0.15) is 0 Å². The van der Waals surface area contributed by atoms with Gasteiger partial charge in [0.05, 0.1) is 0 Å². The molecule has 452 valence electrons. The predicted octanol–water partition coefficient (Wildman–Crippen LogP) is 6.23. The van der Waals surface area contributed by atoms with E-state index in [9.17, 15) is 43.2 Å². The van der Waals surface area contributed by atoms with Crippen LogP contribution >= 0.6 is 23.5 Å². The highest BCUT2D eigenvalue weighted by Gasteiger charge is 2.55. The standard InChI is InChI=1S/C61H63N11O13S2/c1-7-70-31-32-71(53(76)52(70)75)57(79)64-45(41-29-20-30-43(33-41)68(5)60(81)82-34-44(62-59(80)85-61(2,3)4)55(77)83-48(37-21-12-8-13-22-37)38-23-14-9-15-24-38)50(73)63-46-51(74)72-47(42(35-86-54(46)72)36-87-58-65-66-67-69(58)6)56(78)84-49(39-25-16-10-17-26-39)40-27-18-11-19-28-40/h8-30,33,44-46,48-49,54H,7,31-32,34-36H2,1-6H3,(H,62,80)(H,63,73)(H,64,79)/t44?,45-,46-,54-/m1/s1. The Morgan fingerprint density at radius 3 is 1.87 bits per heavy atom. The molecule has 3 aliphatic heterocycles. The zero-order valence-electron chi connectivity index (χ0n) is 48.3. The van der Waals surface area contributed by atoms with Crippen LogP contribution in [-0.2, 0) is 54.8 Å². The Kier molecular flexibility index (Phi) is 19.7. The van der Waals surface area contributed by atoms with E-state index in [1.165, 1.54) is 69.3 Å². The number of β-lactam (4-membered cyclic amide) rings is 1. The fourth-order valence-corrected chi connectivity index (χ4v) is 11.9. The second-order valence-electron chi connectivity index (χ2n) is 21.1. The molecular weight excluding hydrogens is 1160 g/mol. The normalized spacial score (nSPS) is 16.5. The van der Waals surface area contributed by atoms with Gasteiger partial charge in [-0.05, 0) is 83.6 Å². The minimum atomic E-state index is -1.70. The van der Waals surface area contributed by atoms with Crippen LogP contribution in [0.1, 0.15) is 73.8 Å². The third-order valence-electron chi connectivity index (χ3n) is 14.0. The number of benzene rings is 5. The second-order valence-corrected chi connectivity index (χ2v) is 23.2. The minimum absolute atomic E-state index is 0.0250. The number of amides is 8. The van der Waals surface area contributed by atoms with E-state index in [0.717, 1.165) is 4.90 Å². The lowest BCUT2D eigenvalue weighted by atomic mass is 10.00. The van der Waals surface area contributed by atoms with Crippen molar-refractivity contribution in [3.63, 3.8) is 0 Å². The number of fused-ring (bicyclic) bond motifs is 1. The van der Waals surface area contributed by atoms with Gasteiger partial charge in [0.25, 0.3) is 5.91 Å². The molecule has 0 saturated carbocycles. The first kappa shape index (κ1) is 62.0. The number of esters is 2. The average molecular weight is 1220 g/mol. The number of imide groups is 1. The summed E-state index contributed by atoms with van der Waals surface area (Å²) in [4.78, 5) is 130. The summed E-state index contributed by atoms with van der Waals surface area (Å²) in [6.45, 7) is 5.87. The Morgan fingerprint density at radius 2 is 1.32 bits per heavy atom. The first-order valence-corrected chi connectivity index (χ1v) is 29.7. The molecule has 5 aromatic carbocycles. The molecule has 2 fully saturated rings. The molecule has 1 unspecified atom stereocenters. The summed E-state index contributed by atoms with van der Waals surface area (Å²) in [7, 11) is 3.00. The van der Waals surface area contributed by atoms with Crippen molar-refractivity contribution in [3.05, 3.63) is 185 Å². The van der Waals surface area contributed by atoms with Crippen LogP contribution in [0.3, 0.4) is 0 Å². The van der Waals surface area contributed by atoms with Gasteiger partial charge in [-0.25, -0.2) is 28.7 Å². The summed E-state index contributed by atoms with van der Waals surface area (Å²) < 4.78 is 24.9. The highest BCUT2D eigenvalue weighted by atomic mass is 32.2. The molecule has 6 aromatic rings. The number of anilines is 1. The van der Waals surface area contributed by atoms with Gasteiger partial charge in [0.15, 0.2) is 18.2 Å². The van der Waals surface area contributed by atoms with Crippen LogP contribution in [-0.4, -0.2) is 157 Å². The molecule has 3 aliphatic rings. The molecule has 4 atom stereocenters. The van der Waals surface area contributed by atoms with E-state index < -0.39 is 102 Å². The van der Waals surface area contributed by atoms with Crippen LogP contribution in [0.25, 0.3) is 0 Å².